The van der Waals surface area contributed by atoms with E-state index < -0.39 is 11.6 Å². The van der Waals surface area contributed by atoms with Crippen LogP contribution in [0.4, 0.5) is 14.6 Å². The van der Waals surface area contributed by atoms with Crippen molar-refractivity contribution in [1.82, 2.24) is 24.8 Å². The second-order valence-corrected chi connectivity index (χ2v) is 11.5. The molecule has 0 N–H and O–H groups in total. The Labute approximate surface area is 259 Å². The molecular weight excluding hydrogens is 578 g/mol. The third kappa shape index (κ3) is 5.24. The maximum Gasteiger partial charge on any atom is 0.318 e. The SMILES string of the molecule is C#Cc1c(F)ccc2cccc(-c3ncc4c(N5CCN(C(=O)/C=C/CN6C7CC[C@H]6COC7)CC5)nc(OC)nc4c3F)c12. The molecule has 230 valence electrons. The van der Waals surface area contributed by atoms with E-state index in [4.69, 9.17) is 15.9 Å². The number of terminal acetylenes is 1. The first-order chi connectivity index (χ1) is 22.0. The first-order valence-corrected chi connectivity index (χ1v) is 15.1. The minimum atomic E-state index is -0.693. The Morgan fingerprint density at radius 1 is 1.11 bits per heavy atom. The molecule has 2 aromatic carbocycles. The molecule has 1 unspecified atom stereocenters. The lowest BCUT2D eigenvalue weighted by Crippen LogP contribution is -2.49. The highest BCUT2D eigenvalue weighted by Crippen LogP contribution is 2.36. The summed E-state index contributed by atoms with van der Waals surface area (Å²) in [4.78, 5) is 32.6. The fourth-order valence-corrected chi connectivity index (χ4v) is 6.76. The van der Waals surface area contributed by atoms with E-state index in [2.05, 4.69) is 25.8 Å². The van der Waals surface area contributed by atoms with Gasteiger partial charge in [0.2, 0.25) is 5.91 Å². The monoisotopic (exact) mass is 610 g/mol. The number of benzene rings is 2. The first-order valence-electron chi connectivity index (χ1n) is 15.1. The molecule has 3 fully saturated rings. The van der Waals surface area contributed by atoms with Gasteiger partial charge in [0, 0.05) is 68.0 Å². The first kappa shape index (κ1) is 29.1. The van der Waals surface area contributed by atoms with Crippen molar-refractivity contribution in [3.63, 3.8) is 0 Å². The van der Waals surface area contributed by atoms with E-state index in [1.54, 1.807) is 35.2 Å². The maximum atomic E-state index is 16.3. The zero-order chi connectivity index (χ0) is 31.1. The molecule has 3 saturated heterocycles. The van der Waals surface area contributed by atoms with Crippen LogP contribution in [0.3, 0.4) is 0 Å². The number of rotatable bonds is 6. The van der Waals surface area contributed by atoms with Crippen molar-refractivity contribution in [1.29, 1.82) is 0 Å². The molecule has 9 nitrogen and oxygen atoms in total. The number of amides is 1. The second-order valence-electron chi connectivity index (χ2n) is 11.5. The van der Waals surface area contributed by atoms with Gasteiger partial charge in [-0.2, -0.15) is 9.97 Å². The number of hydrogen-bond acceptors (Lipinski definition) is 8. The number of halogens is 2. The van der Waals surface area contributed by atoms with Crippen molar-refractivity contribution in [2.24, 2.45) is 0 Å². The average Bonchev–Trinajstić information content (AvgIpc) is 3.28. The Morgan fingerprint density at radius 2 is 1.89 bits per heavy atom. The molecule has 45 heavy (non-hydrogen) atoms. The topological polar surface area (TPSA) is 83.9 Å². The number of piperazine rings is 1. The zero-order valence-corrected chi connectivity index (χ0v) is 24.9. The van der Waals surface area contributed by atoms with Crippen molar-refractivity contribution in [2.45, 2.75) is 24.9 Å². The van der Waals surface area contributed by atoms with Gasteiger partial charge >= 0.3 is 6.01 Å². The Morgan fingerprint density at radius 3 is 2.62 bits per heavy atom. The van der Waals surface area contributed by atoms with Crippen LogP contribution < -0.4 is 9.64 Å². The molecule has 3 aliphatic rings. The summed E-state index contributed by atoms with van der Waals surface area (Å²) in [7, 11) is 1.42. The van der Waals surface area contributed by atoms with Gasteiger partial charge in [-0.15, -0.1) is 6.42 Å². The van der Waals surface area contributed by atoms with Gasteiger partial charge < -0.3 is 19.3 Å². The van der Waals surface area contributed by atoms with Crippen molar-refractivity contribution in [2.75, 3.05) is 57.9 Å². The lowest BCUT2D eigenvalue weighted by Gasteiger charge is -2.35. The molecule has 2 aromatic heterocycles. The van der Waals surface area contributed by atoms with E-state index in [9.17, 15) is 9.18 Å². The minimum Gasteiger partial charge on any atom is -0.467 e. The third-order valence-electron chi connectivity index (χ3n) is 9.08. The summed E-state index contributed by atoms with van der Waals surface area (Å²) in [5, 5.41) is 1.47. The van der Waals surface area contributed by atoms with Crippen LogP contribution in [-0.2, 0) is 9.53 Å². The summed E-state index contributed by atoms with van der Waals surface area (Å²) in [6, 6.07) is 8.98. The number of morpholine rings is 1. The van der Waals surface area contributed by atoms with Gasteiger partial charge in [-0.1, -0.05) is 36.3 Å². The summed E-state index contributed by atoms with van der Waals surface area (Å²) in [6.07, 6.45) is 13.1. The highest BCUT2D eigenvalue weighted by molar-refractivity contribution is 6.02. The number of pyridine rings is 1. The zero-order valence-electron chi connectivity index (χ0n) is 24.9. The van der Waals surface area contributed by atoms with Crippen LogP contribution in [0.2, 0.25) is 0 Å². The van der Waals surface area contributed by atoms with E-state index in [0.717, 1.165) is 32.6 Å². The lowest BCUT2D eigenvalue weighted by atomic mass is 9.96. The number of carbonyl (C=O) groups excluding carboxylic acids is 1. The van der Waals surface area contributed by atoms with Gasteiger partial charge in [-0.05, 0) is 24.3 Å². The number of ether oxygens (including phenoxy) is 2. The Balaban J connectivity index is 1.13. The van der Waals surface area contributed by atoms with Gasteiger partial charge in [-0.3, -0.25) is 14.7 Å². The van der Waals surface area contributed by atoms with Gasteiger partial charge in [-0.25, -0.2) is 8.78 Å². The predicted octanol–water partition coefficient (Wildman–Crippen LogP) is 4.18. The van der Waals surface area contributed by atoms with Gasteiger partial charge in [0.15, 0.2) is 5.82 Å². The molecule has 0 radical (unpaired) electrons. The molecule has 0 saturated carbocycles. The van der Waals surface area contributed by atoms with Crippen molar-refractivity contribution in [3.8, 4) is 29.6 Å². The standard InChI is InChI=1S/C34H32F2N6O3/c1-3-24-27(35)12-9-21-6-4-7-25(29(21)24)31-30(36)32-26(18-37-31)33(39-34(38-32)44-2)41-16-14-40(15-17-41)28(43)8-5-13-42-22-10-11-23(42)20-45-19-22/h1,4-9,12,18,22-23H,10-11,13-17,19-20H2,2H3/b8-5+/t22-,23?/m0/s1. The largest absolute Gasteiger partial charge is 0.467 e. The van der Waals surface area contributed by atoms with E-state index in [1.807, 2.05) is 11.0 Å². The molecule has 2 bridgehead atoms. The Kier molecular flexibility index (Phi) is 7.77. The van der Waals surface area contributed by atoms with Gasteiger partial charge in [0.05, 0.1) is 31.3 Å². The molecule has 0 spiro atoms. The lowest BCUT2D eigenvalue weighted by molar-refractivity contribution is -0.126. The predicted molar refractivity (Wildman–Crippen MR) is 167 cm³/mol. The second kappa shape index (κ2) is 12.0. The molecule has 11 heteroatoms. The normalized spacial score (nSPS) is 20.3. The number of hydrogen-bond donors (Lipinski definition) is 0. The highest BCUT2D eigenvalue weighted by atomic mass is 19.1. The quantitative estimate of drug-likeness (QED) is 0.238. The number of carbonyl (C=O) groups is 1. The van der Waals surface area contributed by atoms with Crippen LogP contribution in [-0.4, -0.2) is 95.8 Å². The van der Waals surface area contributed by atoms with Crippen LogP contribution >= 0.6 is 0 Å². The number of anilines is 1. The molecular formula is C34H32F2N6O3. The van der Waals surface area contributed by atoms with Crippen LogP contribution in [0.25, 0.3) is 32.9 Å². The van der Waals surface area contributed by atoms with Crippen LogP contribution in [0.1, 0.15) is 18.4 Å². The number of fused-ring (bicyclic) bond motifs is 4. The van der Waals surface area contributed by atoms with E-state index in [1.165, 1.54) is 19.4 Å². The highest BCUT2D eigenvalue weighted by Gasteiger charge is 2.36. The minimum absolute atomic E-state index is 0.000321. The van der Waals surface area contributed by atoms with Crippen LogP contribution in [0.5, 0.6) is 6.01 Å². The molecule has 7 rings (SSSR count). The summed E-state index contributed by atoms with van der Waals surface area (Å²) >= 11 is 0. The smallest absolute Gasteiger partial charge is 0.318 e. The number of nitrogens with zero attached hydrogens (tertiary/aromatic N) is 6. The Hall–Kier alpha value is -4.66. The molecule has 5 heterocycles. The third-order valence-corrected chi connectivity index (χ3v) is 9.08. The van der Waals surface area contributed by atoms with Crippen molar-refractivity contribution < 1.29 is 23.0 Å². The van der Waals surface area contributed by atoms with Gasteiger partial charge in [0.1, 0.15) is 22.8 Å². The fourth-order valence-electron chi connectivity index (χ4n) is 6.76. The number of aromatic nitrogens is 3. The molecule has 1 amide bonds. The molecule has 4 aromatic rings. The molecule has 0 aliphatic carbocycles. The van der Waals surface area contributed by atoms with E-state index >= 15 is 4.39 Å². The summed E-state index contributed by atoms with van der Waals surface area (Å²) < 4.78 is 42.0. The summed E-state index contributed by atoms with van der Waals surface area (Å²) in [5.74, 6) is 1.58. The van der Waals surface area contributed by atoms with Crippen molar-refractivity contribution in [3.05, 3.63) is 65.9 Å². The molecule has 3 aliphatic heterocycles. The van der Waals surface area contributed by atoms with Crippen LogP contribution in [0, 0.1) is 24.0 Å². The van der Waals surface area contributed by atoms with Crippen molar-refractivity contribution >= 4 is 33.4 Å². The van der Waals surface area contributed by atoms with Crippen LogP contribution in [0.15, 0.2) is 48.7 Å². The number of methoxy groups -OCH3 is 1. The van der Waals surface area contributed by atoms with Gasteiger partial charge in [0.25, 0.3) is 0 Å². The fraction of sp³-hybridized carbons (Fsp3) is 0.353. The Bertz CT molecular complexity index is 1850. The summed E-state index contributed by atoms with van der Waals surface area (Å²) in [5.41, 5.74) is 0.422. The summed E-state index contributed by atoms with van der Waals surface area (Å²) in [6.45, 7) is 4.20. The maximum absolute atomic E-state index is 16.3. The van der Waals surface area contributed by atoms with E-state index in [-0.39, 0.29) is 28.7 Å². The molecule has 2 atom stereocenters. The van der Waals surface area contributed by atoms with E-state index in [0.29, 0.717) is 65.8 Å². The average molecular weight is 611 g/mol.